The van der Waals surface area contributed by atoms with Crippen molar-refractivity contribution in [2.45, 2.75) is 45.1 Å². The fraction of sp³-hybridized carbons (Fsp3) is 0.258. The van der Waals surface area contributed by atoms with Crippen molar-refractivity contribution in [3.8, 4) is 5.75 Å². The molecule has 5 nitrogen and oxygen atoms in total. The Morgan fingerprint density at radius 1 is 0.921 bits per heavy atom. The molecule has 2 atom stereocenters. The summed E-state index contributed by atoms with van der Waals surface area (Å²) in [6, 6.07) is 22.8. The van der Waals surface area contributed by atoms with Crippen LogP contribution in [-0.4, -0.2) is 23.2 Å². The van der Waals surface area contributed by atoms with Gasteiger partial charge in [-0.3, -0.25) is 14.6 Å². The van der Waals surface area contributed by atoms with E-state index in [0.29, 0.717) is 34.3 Å². The molecule has 0 radical (unpaired) electrons. The molecule has 0 aliphatic heterocycles. The minimum atomic E-state index is -0.316. The first-order valence-corrected chi connectivity index (χ1v) is 13.4. The van der Waals surface area contributed by atoms with Crippen molar-refractivity contribution >= 4 is 45.8 Å². The van der Waals surface area contributed by atoms with Gasteiger partial charge in [-0.25, -0.2) is 0 Å². The van der Waals surface area contributed by atoms with Crippen molar-refractivity contribution < 1.29 is 14.3 Å². The number of pyridine rings is 1. The number of rotatable bonds is 11. The van der Waals surface area contributed by atoms with Gasteiger partial charge >= 0.3 is 0 Å². The van der Waals surface area contributed by atoms with E-state index in [1.165, 1.54) is 6.92 Å². The molecule has 0 aliphatic rings. The number of carbonyl (C=O) groups excluding carboxylic acids is 2. The Morgan fingerprint density at radius 2 is 1.61 bits per heavy atom. The SMILES string of the molecule is CCC[C@H](c1ccc(C(=O)NCCC(C)=O)cc1)[C@@H](Oc1ccnc2cc(Cl)ccc12)c1ccc(Cl)cc1. The molecule has 1 N–H and O–H groups in total. The molecule has 0 fully saturated rings. The van der Waals surface area contributed by atoms with Crippen LogP contribution in [0.5, 0.6) is 5.75 Å². The molecule has 0 unspecified atom stereocenters. The van der Waals surface area contributed by atoms with Crippen molar-refractivity contribution in [1.29, 1.82) is 0 Å². The van der Waals surface area contributed by atoms with Gasteiger partial charge in [0.05, 0.1) is 5.52 Å². The number of amides is 1. The van der Waals surface area contributed by atoms with E-state index in [0.717, 1.165) is 34.9 Å². The Morgan fingerprint density at radius 3 is 2.29 bits per heavy atom. The molecule has 0 saturated heterocycles. The highest BCUT2D eigenvalue weighted by molar-refractivity contribution is 6.31. The van der Waals surface area contributed by atoms with Crippen LogP contribution >= 0.6 is 23.2 Å². The van der Waals surface area contributed by atoms with Crippen LogP contribution in [0.4, 0.5) is 0 Å². The van der Waals surface area contributed by atoms with E-state index in [2.05, 4.69) is 17.2 Å². The lowest BCUT2D eigenvalue weighted by Crippen LogP contribution is -2.25. The molecule has 1 amide bonds. The third kappa shape index (κ3) is 6.91. The summed E-state index contributed by atoms with van der Waals surface area (Å²) in [5.41, 5.74) is 3.37. The van der Waals surface area contributed by atoms with Crippen LogP contribution in [0, 0.1) is 0 Å². The first-order chi connectivity index (χ1) is 18.4. The van der Waals surface area contributed by atoms with Gasteiger partial charge in [0.1, 0.15) is 17.6 Å². The second-order valence-corrected chi connectivity index (χ2v) is 10.2. The number of nitrogens with zero attached hydrogens (tertiary/aromatic N) is 1. The van der Waals surface area contributed by atoms with Gasteiger partial charge in [-0.1, -0.05) is 60.8 Å². The van der Waals surface area contributed by atoms with Crippen molar-refractivity contribution in [2.24, 2.45) is 0 Å². The van der Waals surface area contributed by atoms with E-state index in [1.54, 1.807) is 6.20 Å². The standard InChI is InChI=1S/C31H30Cl2N2O3/c1-3-4-26(21-5-7-23(8-6-21)31(37)35-17-15-20(2)36)30(22-9-11-24(32)12-10-22)38-29-16-18-34-28-19-25(33)13-14-27(28)29/h5-14,16,18-19,26,30H,3-4,15,17H2,1-2H3,(H,35,37)/t26-,30+/m1/s1. The number of fused-ring (bicyclic) bond motifs is 1. The summed E-state index contributed by atoms with van der Waals surface area (Å²) in [4.78, 5) is 28.2. The van der Waals surface area contributed by atoms with E-state index in [1.807, 2.05) is 72.8 Å². The number of halogens is 2. The molecule has 1 heterocycles. The molecule has 0 spiro atoms. The summed E-state index contributed by atoms with van der Waals surface area (Å²) < 4.78 is 6.78. The minimum Gasteiger partial charge on any atom is -0.484 e. The van der Waals surface area contributed by atoms with Gasteiger partial charge in [0, 0.05) is 46.1 Å². The zero-order valence-electron chi connectivity index (χ0n) is 21.4. The summed E-state index contributed by atoms with van der Waals surface area (Å²) in [6.45, 7) is 3.98. The Hall–Kier alpha value is -3.41. The maximum Gasteiger partial charge on any atom is 0.251 e. The maximum absolute atomic E-state index is 12.5. The summed E-state index contributed by atoms with van der Waals surface area (Å²) in [5, 5.41) is 4.95. The molecule has 7 heteroatoms. The zero-order valence-corrected chi connectivity index (χ0v) is 22.9. The molecular weight excluding hydrogens is 519 g/mol. The molecule has 4 rings (SSSR count). The van der Waals surface area contributed by atoms with Gasteiger partial charge in [0.15, 0.2) is 0 Å². The minimum absolute atomic E-state index is 0.00603. The second kappa shape index (κ2) is 12.9. The molecule has 0 saturated carbocycles. The molecule has 0 aliphatic carbocycles. The van der Waals surface area contributed by atoms with Gasteiger partial charge in [0.2, 0.25) is 0 Å². The third-order valence-corrected chi connectivity index (χ3v) is 6.93. The Labute approximate surface area is 233 Å². The molecule has 4 aromatic rings. The topological polar surface area (TPSA) is 68.3 Å². The Bertz CT molecular complexity index is 1410. The van der Waals surface area contributed by atoms with Crippen LogP contribution in [0.25, 0.3) is 10.9 Å². The van der Waals surface area contributed by atoms with Gasteiger partial charge in [-0.2, -0.15) is 0 Å². The Balaban J connectivity index is 1.68. The monoisotopic (exact) mass is 548 g/mol. The van der Waals surface area contributed by atoms with Crippen molar-refractivity contribution in [3.63, 3.8) is 0 Å². The highest BCUT2D eigenvalue weighted by Gasteiger charge is 2.27. The quantitative estimate of drug-likeness (QED) is 0.206. The number of ketones is 1. The largest absolute Gasteiger partial charge is 0.484 e. The average Bonchev–Trinajstić information content (AvgIpc) is 2.91. The van der Waals surface area contributed by atoms with E-state index in [9.17, 15) is 9.59 Å². The van der Waals surface area contributed by atoms with Crippen LogP contribution in [-0.2, 0) is 4.79 Å². The number of hydrogen-bond acceptors (Lipinski definition) is 4. The highest BCUT2D eigenvalue weighted by atomic mass is 35.5. The number of benzene rings is 3. The van der Waals surface area contributed by atoms with E-state index < -0.39 is 0 Å². The molecule has 1 aromatic heterocycles. The van der Waals surface area contributed by atoms with Crippen LogP contribution < -0.4 is 10.1 Å². The van der Waals surface area contributed by atoms with E-state index >= 15 is 0 Å². The third-order valence-electron chi connectivity index (χ3n) is 6.45. The van der Waals surface area contributed by atoms with Crippen LogP contribution in [0.2, 0.25) is 10.0 Å². The zero-order chi connectivity index (χ0) is 27.1. The molecule has 38 heavy (non-hydrogen) atoms. The highest BCUT2D eigenvalue weighted by Crippen LogP contribution is 2.40. The molecular formula is C31H30Cl2N2O3. The van der Waals surface area contributed by atoms with Crippen molar-refractivity contribution in [1.82, 2.24) is 10.3 Å². The first-order valence-electron chi connectivity index (χ1n) is 12.7. The van der Waals surface area contributed by atoms with Crippen molar-refractivity contribution in [3.05, 3.63) is 106 Å². The van der Waals surface area contributed by atoms with Gasteiger partial charge < -0.3 is 10.1 Å². The number of Topliss-reactive ketones (excluding diaryl/α,β-unsaturated/α-hetero) is 1. The van der Waals surface area contributed by atoms with Gasteiger partial charge in [0.25, 0.3) is 5.91 Å². The maximum atomic E-state index is 12.5. The van der Waals surface area contributed by atoms with Gasteiger partial charge in [-0.05, 0) is 73.0 Å². The lowest BCUT2D eigenvalue weighted by molar-refractivity contribution is -0.116. The van der Waals surface area contributed by atoms with E-state index in [-0.39, 0.29) is 23.7 Å². The summed E-state index contributed by atoms with van der Waals surface area (Å²) >= 11 is 12.4. The number of carbonyl (C=O) groups is 2. The average molecular weight is 549 g/mol. The van der Waals surface area contributed by atoms with Crippen LogP contribution in [0.1, 0.15) is 66.6 Å². The van der Waals surface area contributed by atoms with Crippen LogP contribution in [0.15, 0.2) is 79.0 Å². The smallest absolute Gasteiger partial charge is 0.251 e. The number of nitrogens with one attached hydrogen (secondary N) is 1. The fourth-order valence-corrected chi connectivity index (χ4v) is 4.80. The summed E-state index contributed by atoms with van der Waals surface area (Å²) in [6.07, 6.45) is 3.54. The van der Waals surface area contributed by atoms with Crippen molar-refractivity contribution in [2.75, 3.05) is 6.54 Å². The summed E-state index contributed by atoms with van der Waals surface area (Å²) in [5.74, 6) is 0.569. The lowest BCUT2D eigenvalue weighted by Gasteiger charge is -2.29. The van der Waals surface area contributed by atoms with E-state index in [4.69, 9.17) is 27.9 Å². The molecule has 196 valence electrons. The normalized spacial score (nSPS) is 12.6. The van der Waals surface area contributed by atoms with Gasteiger partial charge in [-0.15, -0.1) is 0 Å². The number of hydrogen-bond donors (Lipinski definition) is 1. The Kier molecular flexibility index (Phi) is 9.38. The molecule has 3 aromatic carbocycles. The first kappa shape index (κ1) is 27.6. The second-order valence-electron chi connectivity index (χ2n) is 9.29. The van der Waals surface area contributed by atoms with Crippen LogP contribution in [0.3, 0.4) is 0 Å². The fourth-order valence-electron chi connectivity index (χ4n) is 4.51. The number of aromatic nitrogens is 1. The lowest BCUT2D eigenvalue weighted by atomic mass is 9.85. The number of ether oxygens (including phenoxy) is 1. The summed E-state index contributed by atoms with van der Waals surface area (Å²) in [7, 11) is 0. The molecule has 0 bridgehead atoms. The predicted octanol–water partition coefficient (Wildman–Crippen LogP) is 7.95. The predicted molar refractivity (Wildman–Crippen MR) is 153 cm³/mol.